The summed E-state index contributed by atoms with van der Waals surface area (Å²) < 4.78 is 33.0. The highest BCUT2D eigenvalue weighted by atomic mass is 16.7. The number of carbonyl (C=O) groups is 1. The zero-order valence-corrected chi connectivity index (χ0v) is 24.7. The van der Waals surface area contributed by atoms with Crippen LogP contribution in [0.2, 0.25) is 0 Å². The van der Waals surface area contributed by atoms with Gasteiger partial charge in [-0.25, -0.2) is 0 Å². The summed E-state index contributed by atoms with van der Waals surface area (Å²) in [5, 5.41) is 108. The summed E-state index contributed by atoms with van der Waals surface area (Å²) in [7, 11) is 0. The van der Waals surface area contributed by atoms with Crippen molar-refractivity contribution < 1.29 is 84.3 Å². The molecule has 0 aromatic carbocycles. The lowest BCUT2D eigenvalue weighted by molar-refractivity contribution is -0.366. The molecule has 1 amide bonds. The van der Waals surface area contributed by atoms with Gasteiger partial charge < -0.3 is 84.8 Å². The average Bonchev–Trinajstić information content (AvgIpc) is 3.04. The van der Waals surface area contributed by atoms with Gasteiger partial charge in [0, 0.05) is 24.4 Å². The number of hydrogen-bond acceptors (Lipinski definition) is 18. The Morgan fingerprint density at radius 1 is 0.717 bits per heavy atom. The van der Waals surface area contributed by atoms with Gasteiger partial charge in [-0.3, -0.25) is 4.79 Å². The molecule has 0 unspecified atom stereocenters. The lowest BCUT2D eigenvalue weighted by Gasteiger charge is -2.46. The van der Waals surface area contributed by atoms with E-state index < -0.39 is 112 Å². The Hall–Kier alpha value is -1.86. The van der Waals surface area contributed by atoms with Crippen molar-refractivity contribution in [3.8, 4) is 0 Å². The van der Waals surface area contributed by atoms with Crippen LogP contribution in [0.25, 0.3) is 10.4 Å². The third-order valence-electron chi connectivity index (χ3n) is 7.74. The Labute approximate surface area is 262 Å². The highest BCUT2D eigenvalue weighted by Gasteiger charge is 2.52. The molecule has 21 nitrogen and oxygen atoms in total. The minimum absolute atomic E-state index is 0.0331. The molecule has 266 valence electrons. The van der Waals surface area contributed by atoms with E-state index in [-0.39, 0.29) is 32.0 Å². The van der Waals surface area contributed by atoms with E-state index in [1.54, 1.807) is 0 Å². The highest BCUT2D eigenvalue weighted by molar-refractivity contribution is 5.75. The van der Waals surface area contributed by atoms with E-state index >= 15 is 0 Å². The smallest absolute Gasteiger partial charge is 0.220 e. The monoisotopic (exact) mass is 672 g/mol. The molecule has 0 bridgehead atoms. The minimum atomic E-state index is -1.88. The third kappa shape index (κ3) is 9.84. The fourth-order valence-corrected chi connectivity index (χ4v) is 5.03. The maximum atomic E-state index is 12.0. The summed E-state index contributed by atoms with van der Waals surface area (Å²) in [4.78, 5) is 14.7. The minimum Gasteiger partial charge on any atom is -0.394 e. The molecule has 3 aliphatic rings. The summed E-state index contributed by atoms with van der Waals surface area (Å²) in [6.45, 7) is -2.11. The summed E-state index contributed by atoms with van der Waals surface area (Å²) in [5.41, 5.74) is 8.28. The largest absolute Gasteiger partial charge is 0.394 e. The topological polar surface area (TPSA) is 336 Å². The number of nitrogens with one attached hydrogen (secondary N) is 1. The number of ether oxygens (including phenoxy) is 6. The molecule has 46 heavy (non-hydrogen) atoms. The second kappa shape index (κ2) is 18.6. The number of hydrogen-bond donors (Lipinski definition) is 11. The van der Waals surface area contributed by atoms with Gasteiger partial charge in [0.2, 0.25) is 5.91 Å². The molecule has 11 N–H and O–H groups in total. The summed E-state index contributed by atoms with van der Waals surface area (Å²) >= 11 is 0. The zero-order valence-electron chi connectivity index (χ0n) is 24.7. The van der Waals surface area contributed by atoms with Gasteiger partial charge in [0.15, 0.2) is 18.9 Å². The molecule has 21 heteroatoms. The van der Waals surface area contributed by atoms with Crippen molar-refractivity contribution in [3.05, 3.63) is 10.4 Å². The molecule has 0 aliphatic carbocycles. The second-order valence-electron chi connectivity index (χ2n) is 11.0. The summed E-state index contributed by atoms with van der Waals surface area (Å²) in [5.74, 6) is -0.320. The molecule has 0 spiro atoms. The number of azide groups is 1. The van der Waals surface area contributed by atoms with E-state index in [0.29, 0.717) is 12.8 Å². The van der Waals surface area contributed by atoms with Gasteiger partial charge in [0.1, 0.15) is 73.2 Å². The Balaban J connectivity index is 1.67. The van der Waals surface area contributed by atoms with E-state index in [2.05, 4.69) is 15.3 Å². The first-order valence-electron chi connectivity index (χ1n) is 14.7. The Bertz CT molecular complexity index is 977. The van der Waals surface area contributed by atoms with E-state index in [4.69, 9.17) is 34.0 Å². The van der Waals surface area contributed by atoms with Gasteiger partial charge in [0.25, 0.3) is 0 Å². The number of rotatable bonds is 16. The van der Waals surface area contributed by atoms with Crippen molar-refractivity contribution in [2.24, 2.45) is 5.11 Å². The Morgan fingerprint density at radius 3 is 1.89 bits per heavy atom. The van der Waals surface area contributed by atoms with Crippen molar-refractivity contribution >= 4 is 5.91 Å². The molecule has 3 saturated heterocycles. The molecular formula is C25H44N4O17. The number of amides is 1. The molecule has 0 aromatic heterocycles. The highest BCUT2D eigenvalue weighted by Crippen LogP contribution is 2.31. The molecule has 0 radical (unpaired) electrons. The van der Waals surface area contributed by atoms with E-state index in [9.17, 15) is 55.9 Å². The van der Waals surface area contributed by atoms with Gasteiger partial charge >= 0.3 is 0 Å². The van der Waals surface area contributed by atoms with Crippen LogP contribution in [0, 0.1) is 0 Å². The lowest BCUT2D eigenvalue weighted by atomic mass is 9.96. The molecule has 0 aromatic rings. The van der Waals surface area contributed by atoms with Gasteiger partial charge in [0.05, 0.1) is 26.4 Å². The van der Waals surface area contributed by atoms with Crippen molar-refractivity contribution in [3.63, 3.8) is 0 Å². The van der Waals surface area contributed by atoms with Gasteiger partial charge in [-0.1, -0.05) is 5.11 Å². The second-order valence-corrected chi connectivity index (χ2v) is 11.0. The first kappa shape index (κ1) is 38.6. The summed E-state index contributed by atoms with van der Waals surface area (Å²) in [6.07, 6.45) is -23.7. The third-order valence-corrected chi connectivity index (χ3v) is 7.74. The SMILES string of the molecule is [N-]=[N+]=NCCCCC(=O)NCCO[C@@H]1O[C@H](CO[C@H]2O[C@H](CO)[C@@H](O)[C@H](O)[C@@H]2O)[C@@H](O)[C@H](O[C@H]2O[C@H](CO)[C@@H](O)[C@H](O)[C@@H]2O)[C@@H]1O. The number of unbranched alkanes of at least 4 members (excludes halogenated alkanes) is 1. The van der Waals surface area contributed by atoms with Crippen LogP contribution in [-0.4, -0.2) is 189 Å². The average molecular weight is 673 g/mol. The number of carbonyl (C=O) groups excluding carboxylic acids is 1. The van der Waals surface area contributed by atoms with Crippen LogP contribution in [0.5, 0.6) is 0 Å². The maximum absolute atomic E-state index is 12.0. The number of nitrogens with zero attached hydrogens (tertiary/aromatic N) is 3. The first-order chi connectivity index (χ1) is 21.9. The fraction of sp³-hybridized carbons (Fsp3) is 0.960. The van der Waals surface area contributed by atoms with E-state index in [1.165, 1.54) is 0 Å². The molecular weight excluding hydrogens is 628 g/mol. The predicted molar refractivity (Wildman–Crippen MR) is 146 cm³/mol. The van der Waals surface area contributed by atoms with Gasteiger partial charge in [-0.2, -0.15) is 0 Å². The lowest BCUT2D eigenvalue weighted by Crippen LogP contribution is -2.65. The number of aliphatic hydroxyl groups is 10. The molecule has 0 saturated carbocycles. The quantitative estimate of drug-likeness (QED) is 0.0314. The van der Waals surface area contributed by atoms with Gasteiger partial charge in [-0.05, 0) is 18.4 Å². The maximum Gasteiger partial charge on any atom is 0.220 e. The normalized spacial score (nSPS) is 41.5. The standard InChI is InChI=1S/C25H44N4O17/c26-29-28-4-2-1-3-13(32)27-5-6-41-24-21(40)22(46-25-20(39)18(37)15(34)11(8-31)44-25)16(35)12(45-24)9-42-23-19(38)17(36)14(33)10(7-30)43-23/h10-12,14-25,30-31,33-40H,1-9H2,(H,27,32)/t10-,11-,12-,14-,15-,16-,17+,18+,19+,20+,21+,22+,23+,24-,25-/m1/s1. The molecule has 3 rings (SSSR count). The van der Waals surface area contributed by atoms with Crippen molar-refractivity contribution in [2.45, 2.75) is 111 Å². The van der Waals surface area contributed by atoms with Gasteiger partial charge in [-0.15, -0.1) is 0 Å². The Kier molecular flexibility index (Phi) is 15.6. The van der Waals surface area contributed by atoms with Crippen LogP contribution in [0.4, 0.5) is 0 Å². The van der Waals surface area contributed by atoms with Crippen molar-refractivity contribution in [1.82, 2.24) is 5.32 Å². The molecule has 3 aliphatic heterocycles. The predicted octanol–water partition coefficient (Wildman–Crippen LogP) is -5.95. The van der Waals surface area contributed by atoms with Crippen LogP contribution >= 0.6 is 0 Å². The van der Waals surface area contributed by atoms with Crippen LogP contribution in [-0.2, 0) is 33.2 Å². The zero-order chi connectivity index (χ0) is 34.0. The van der Waals surface area contributed by atoms with E-state index in [1.807, 2.05) is 0 Å². The van der Waals surface area contributed by atoms with Crippen LogP contribution in [0.1, 0.15) is 19.3 Å². The first-order valence-corrected chi connectivity index (χ1v) is 14.7. The Morgan fingerprint density at radius 2 is 1.28 bits per heavy atom. The van der Waals surface area contributed by atoms with E-state index in [0.717, 1.165) is 0 Å². The molecule has 3 fully saturated rings. The van der Waals surface area contributed by atoms with Crippen LogP contribution in [0.3, 0.4) is 0 Å². The number of aliphatic hydroxyl groups excluding tert-OH is 10. The van der Waals surface area contributed by atoms with Crippen LogP contribution < -0.4 is 5.32 Å². The van der Waals surface area contributed by atoms with Crippen molar-refractivity contribution in [2.75, 3.05) is 39.5 Å². The van der Waals surface area contributed by atoms with Crippen LogP contribution in [0.15, 0.2) is 5.11 Å². The molecule has 3 heterocycles. The molecule has 15 atom stereocenters. The summed E-state index contributed by atoms with van der Waals surface area (Å²) in [6, 6.07) is 0. The fourth-order valence-electron chi connectivity index (χ4n) is 5.03. The van der Waals surface area contributed by atoms with Crippen molar-refractivity contribution in [1.29, 1.82) is 0 Å².